The molecule has 1 N–H and O–H groups in total. The van der Waals surface area contributed by atoms with Crippen molar-refractivity contribution in [3.05, 3.63) is 0 Å². The van der Waals surface area contributed by atoms with Crippen molar-refractivity contribution in [2.75, 3.05) is 6.54 Å². The van der Waals surface area contributed by atoms with E-state index in [0.29, 0.717) is 0 Å². The Labute approximate surface area is 80.1 Å². The second-order valence-electron chi connectivity index (χ2n) is 4.61. The Morgan fingerprint density at radius 3 is 2.31 bits per heavy atom. The average molecular weight is 185 g/mol. The van der Waals surface area contributed by atoms with Gasteiger partial charge in [0, 0.05) is 6.04 Å². The highest BCUT2D eigenvalue weighted by molar-refractivity contribution is 4.87. The van der Waals surface area contributed by atoms with Gasteiger partial charge in [0.25, 0.3) is 0 Å². The standard InChI is InChI=1S/C11H20FN/c12-10-6-7-11(10)13-8-9-4-2-1-3-5-9/h9-11,13H,1-8H2. The number of nitrogens with one attached hydrogen (secondary N) is 1. The Hall–Kier alpha value is -0.110. The van der Waals surface area contributed by atoms with Crippen LogP contribution in [0.5, 0.6) is 0 Å². The van der Waals surface area contributed by atoms with Crippen molar-refractivity contribution in [1.29, 1.82) is 0 Å². The first-order valence-electron chi connectivity index (χ1n) is 5.74. The second-order valence-corrected chi connectivity index (χ2v) is 4.61. The maximum absolute atomic E-state index is 12.9. The topological polar surface area (TPSA) is 12.0 Å². The number of alkyl halides is 1. The molecule has 0 aromatic rings. The van der Waals surface area contributed by atoms with Gasteiger partial charge in [0.15, 0.2) is 0 Å². The minimum atomic E-state index is -0.552. The lowest BCUT2D eigenvalue weighted by atomic mass is 9.87. The molecule has 0 aromatic carbocycles. The normalized spacial score (nSPS) is 35.8. The lowest BCUT2D eigenvalue weighted by molar-refractivity contribution is 0.135. The van der Waals surface area contributed by atoms with Crippen LogP contribution in [0.3, 0.4) is 0 Å². The molecule has 0 bridgehead atoms. The van der Waals surface area contributed by atoms with Crippen molar-refractivity contribution in [3.63, 3.8) is 0 Å². The van der Waals surface area contributed by atoms with E-state index >= 15 is 0 Å². The van der Waals surface area contributed by atoms with E-state index in [-0.39, 0.29) is 6.04 Å². The van der Waals surface area contributed by atoms with Gasteiger partial charge in [0.2, 0.25) is 0 Å². The summed E-state index contributed by atoms with van der Waals surface area (Å²) in [6.45, 7) is 1.06. The number of halogens is 1. The second kappa shape index (κ2) is 4.41. The first-order valence-corrected chi connectivity index (χ1v) is 5.74. The summed E-state index contributed by atoms with van der Waals surface area (Å²) in [7, 11) is 0. The van der Waals surface area contributed by atoms with Crippen LogP contribution in [0.4, 0.5) is 4.39 Å². The van der Waals surface area contributed by atoms with Crippen molar-refractivity contribution in [3.8, 4) is 0 Å². The maximum Gasteiger partial charge on any atom is 0.115 e. The molecule has 0 spiro atoms. The summed E-state index contributed by atoms with van der Waals surface area (Å²) in [5.41, 5.74) is 0. The Morgan fingerprint density at radius 1 is 1.00 bits per heavy atom. The lowest BCUT2D eigenvalue weighted by Gasteiger charge is -2.33. The molecule has 0 aliphatic heterocycles. The van der Waals surface area contributed by atoms with Gasteiger partial charge in [0.1, 0.15) is 6.17 Å². The van der Waals surface area contributed by atoms with Crippen LogP contribution in [0.2, 0.25) is 0 Å². The van der Waals surface area contributed by atoms with E-state index in [1.807, 2.05) is 0 Å². The largest absolute Gasteiger partial charge is 0.311 e. The summed E-state index contributed by atoms with van der Waals surface area (Å²) in [5, 5.41) is 3.36. The summed E-state index contributed by atoms with van der Waals surface area (Å²) in [6.07, 6.45) is 8.17. The van der Waals surface area contributed by atoms with Gasteiger partial charge in [-0.2, -0.15) is 0 Å². The Balaban J connectivity index is 1.61. The highest BCUT2D eigenvalue weighted by atomic mass is 19.1. The smallest absolute Gasteiger partial charge is 0.115 e. The average Bonchev–Trinajstić information content (AvgIpc) is 2.17. The van der Waals surface area contributed by atoms with Gasteiger partial charge in [-0.25, -0.2) is 4.39 Å². The van der Waals surface area contributed by atoms with Crippen molar-refractivity contribution in [1.82, 2.24) is 5.32 Å². The number of hydrogen-bond acceptors (Lipinski definition) is 1. The molecule has 2 aliphatic rings. The minimum absolute atomic E-state index is 0.196. The molecule has 0 heterocycles. The predicted octanol–water partition coefficient (Wildman–Crippen LogP) is 2.66. The molecule has 13 heavy (non-hydrogen) atoms. The summed E-state index contributed by atoms with van der Waals surface area (Å²) < 4.78 is 12.9. The fourth-order valence-electron chi connectivity index (χ4n) is 2.40. The van der Waals surface area contributed by atoms with Crippen LogP contribution in [0.25, 0.3) is 0 Å². The van der Waals surface area contributed by atoms with Gasteiger partial charge in [0.05, 0.1) is 0 Å². The van der Waals surface area contributed by atoms with Crippen LogP contribution in [-0.2, 0) is 0 Å². The molecule has 0 radical (unpaired) electrons. The predicted molar refractivity (Wildman–Crippen MR) is 52.5 cm³/mol. The molecule has 76 valence electrons. The van der Waals surface area contributed by atoms with Crippen molar-refractivity contribution in [2.24, 2.45) is 5.92 Å². The van der Waals surface area contributed by atoms with Crippen LogP contribution in [0.1, 0.15) is 44.9 Å². The minimum Gasteiger partial charge on any atom is -0.311 e. The monoisotopic (exact) mass is 185 g/mol. The van der Waals surface area contributed by atoms with Crippen LogP contribution in [0, 0.1) is 5.92 Å². The molecule has 0 saturated heterocycles. The van der Waals surface area contributed by atoms with Gasteiger partial charge in [-0.05, 0) is 38.1 Å². The first-order chi connectivity index (χ1) is 6.36. The fourth-order valence-corrected chi connectivity index (χ4v) is 2.40. The van der Waals surface area contributed by atoms with Crippen LogP contribution < -0.4 is 5.32 Å². The van der Waals surface area contributed by atoms with Gasteiger partial charge < -0.3 is 5.32 Å². The first kappa shape index (κ1) is 9.45. The number of hydrogen-bond donors (Lipinski definition) is 1. The highest BCUT2D eigenvalue weighted by Crippen LogP contribution is 2.26. The van der Waals surface area contributed by atoms with Gasteiger partial charge >= 0.3 is 0 Å². The molecular weight excluding hydrogens is 165 g/mol. The molecule has 0 aromatic heterocycles. The third-order valence-electron chi connectivity index (χ3n) is 3.58. The molecule has 2 rings (SSSR count). The molecule has 2 aliphatic carbocycles. The van der Waals surface area contributed by atoms with E-state index in [4.69, 9.17) is 0 Å². The third kappa shape index (κ3) is 2.43. The molecule has 0 amide bonds. The molecule has 2 atom stereocenters. The molecule has 1 nitrogen and oxygen atoms in total. The van der Waals surface area contributed by atoms with E-state index < -0.39 is 6.17 Å². The third-order valence-corrected chi connectivity index (χ3v) is 3.58. The maximum atomic E-state index is 12.9. The summed E-state index contributed by atoms with van der Waals surface area (Å²) in [4.78, 5) is 0. The van der Waals surface area contributed by atoms with Crippen molar-refractivity contribution < 1.29 is 4.39 Å². The Kier molecular flexibility index (Phi) is 3.20. The summed E-state index contributed by atoms with van der Waals surface area (Å²) in [5.74, 6) is 0.835. The molecule has 2 saturated carbocycles. The molecule has 2 fully saturated rings. The van der Waals surface area contributed by atoms with Gasteiger partial charge in [-0.15, -0.1) is 0 Å². The molecule has 2 unspecified atom stereocenters. The van der Waals surface area contributed by atoms with Gasteiger partial charge in [-0.1, -0.05) is 19.3 Å². The quantitative estimate of drug-likeness (QED) is 0.712. The Morgan fingerprint density at radius 2 is 1.77 bits per heavy atom. The zero-order valence-corrected chi connectivity index (χ0v) is 8.27. The van der Waals surface area contributed by atoms with Crippen LogP contribution >= 0.6 is 0 Å². The molecule has 2 heteroatoms. The van der Waals surface area contributed by atoms with Crippen LogP contribution in [0.15, 0.2) is 0 Å². The van der Waals surface area contributed by atoms with E-state index in [9.17, 15) is 4.39 Å². The van der Waals surface area contributed by atoms with Crippen molar-refractivity contribution >= 4 is 0 Å². The number of rotatable bonds is 3. The Bertz CT molecular complexity index is 154. The van der Waals surface area contributed by atoms with E-state index in [2.05, 4.69) is 5.32 Å². The lowest BCUT2D eigenvalue weighted by Crippen LogP contribution is -2.47. The fraction of sp³-hybridized carbons (Fsp3) is 1.00. The molecular formula is C11H20FN. The van der Waals surface area contributed by atoms with Crippen LogP contribution in [-0.4, -0.2) is 18.8 Å². The van der Waals surface area contributed by atoms with Crippen molar-refractivity contribution in [2.45, 2.75) is 57.2 Å². The zero-order valence-electron chi connectivity index (χ0n) is 8.27. The summed E-state index contributed by atoms with van der Waals surface area (Å²) in [6, 6.07) is 0.196. The van der Waals surface area contributed by atoms with E-state index in [1.165, 1.54) is 32.1 Å². The van der Waals surface area contributed by atoms with E-state index in [0.717, 1.165) is 25.3 Å². The van der Waals surface area contributed by atoms with Gasteiger partial charge in [-0.3, -0.25) is 0 Å². The SMILES string of the molecule is FC1CCC1NCC1CCCCC1. The summed E-state index contributed by atoms with van der Waals surface area (Å²) >= 11 is 0. The highest BCUT2D eigenvalue weighted by Gasteiger charge is 2.30. The van der Waals surface area contributed by atoms with E-state index in [1.54, 1.807) is 0 Å². The zero-order chi connectivity index (χ0) is 9.10.